The summed E-state index contributed by atoms with van der Waals surface area (Å²) in [7, 11) is 0. The molecule has 29 heavy (non-hydrogen) atoms. The van der Waals surface area contributed by atoms with Gasteiger partial charge in [-0.15, -0.1) is 5.10 Å². The van der Waals surface area contributed by atoms with Gasteiger partial charge in [0.05, 0.1) is 29.5 Å². The van der Waals surface area contributed by atoms with E-state index >= 15 is 0 Å². The number of hydrogen-bond donors (Lipinski definition) is 0. The van der Waals surface area contributed by atoms with Crippen molar-refractivity contribution in [2.45, 2.75) is 53.0 Å². The number of piperidine rings is 1. The zero-order valence-electron chi connectivity index (χ0n) is 17.3. The van der Waals surface area contributed by atoms with Crippen LogP contribution in [0.5, 0.6) is 0 Å². The van der Waals surface area contributed by atoms with E-state index < -0.39 is 0 Å². The zero-order chi connectivity index (χ0) is 20.5. The highest BCUT2D eigenvalue weighted by molar-refractivity contribution is 7.09. The van der Waals surface area contributed by atoms with E-state index in [1.807, 2.05) is 49.4 Å². The van der Waals surface area contributed by atoms with E-state index in [0.29, 0.717) is 18.8 Å². The van der Waals surface area contributed by atoms with Crippen LogP contribution >= 0.6 is 11.5 Å². The maximum Gasteiger partial charge on any atom is 0.227 e. The van der Waals surface area contributed by atoms with Crippen molar-refractivity contribution < 1.29 is 9.32 Å². The maximum absolute atomic E-state index is 13.1. The molecule has 0 spiro atoms. The van der Waals surface area contributed by atoms with E-state index in [-0.39, 0.29) is 17.7 Å². The number of amides is 1. The van der Waals surface area contributed by atoms with Crippen molar-refractivity contribution in [2.75, 3.05) is 13.1 Å². The highest BCUT2D eigenvalue weighted by Gasteiger charge is 2.31. The minimum absolute atomic E-state index is 0.128. The maximum atomic E-state index is 13.1. The summed E-state index contributed by atoms with van der Waals surface area (Å²) >= 11 is 1.32. The molecule has 2 atom stereocenters. The molecule has 1 aliphatic rings. The van der Waals surface area contributed by atoms with Crippen LogP contribution in [0.15, 0.2) is 16.7 Å². The van der Waals surface area contributed by atoms with Crippen molar-refractivity contribution in [2.24, 2.45) is 5.92 Å². The van der Waals surface area contributed by atoms with Gasteiger partial charge in [-0.2, -0.15) is 5.10 Å². The summed E-state index contributed by atoms with van der Waals surface area (Å²) in [5.41, 5.74) is 3.80. The Morgan fingerprint density at radius 1 is 1.31 bits per heavy atom. The van der Waals surface area contributed by atoms with E-state index in [1.54, 1.807) is 0 Å². The fourth-order valence-corrected chi connectivity index (χ4v) is 4.71. The highest BCUT2D eigenvalue weighted by atomic mass is 32.1. The minimum atomic E-state index is -0.128. The van der Waals surface area contributed by atoms with Crippen LogP contribution in [0, 0.1) is 26.7 Å². The van der Waals surface area contributed by atoms with Gasteiger partial charge >= 0.3 is 0 Å². The topological polar surface area (TPSA) is 89.9 Å². The number of hydrogen-bond acceptors (Lipinski definition) is 7. The summed E-state index contributed by atoms with van der Waals surface area (Å²) in [6, 6.07) is 3.94. The van der Waals surface area contributed by atoms with Crippen LogP contribution < -0.4 is 0 Å². The van der Waals surface area contributed by atoms with E-state index in [1.165, 1.54) is 11.5 Å². The Morgan fingerprint density at radius 3 is 2.83 bits per heavy atom. The Balaban J connectivity index is 1.47. The SMILES string of the molecule is Cc1cc(-c2snnc2[C@@H]2CCCN(C(=O)[C@@H](C)Cn3nc(C)cc3C)C2)on1. The molecule has 1 saturated heterocycles. The molecule has 4 rings (SSSR count). The lowest BCUT2D eigenvalue weighted by atomic mass is 9.93. The van der Waals surface area contributed by atoms with Crippen LogP contribution in [0.3, 0.4) is 0 Å². The standard InChI is InChI=1S/C20H26N6O2S/c1-12(10-26-15(4)8-13(2)22-26)20(27)25-7-5-6-16(11-25)18-19(29-24-21-18)17-9-14(3)23-28-17/h8-9,12,16H,5-7,10-11H2,1-4H3/t12-,16+/m0/s1. The lowest BCUT2D eigenvalue weighted by Crippen LogP contribution is -2.42. The van der Waals surface area contributed by atoms with Crippen LogP contribution in [0.2, 0.25) is 0 Å². The minimum Gasteiger partial charge on any atom is -0.355 e. The van der Waals surface area contributed by atoms with Gasteiger partial charge in [-0.05, 0) is 51.2 Å². The van der Waals surface area contributed by atoms with Crippen LogP contribution in [0.4, 0.5) is 0 Å². The summed E-state index contributed by atoms with van der Waals surface area (Å²) in [4.78, 5) is 16.0. The summed E-state index contributed by atoms with van der Waals surface area (Å²) in [5, 5.41) is 12.8. The molecule has 1 fully saturated rings. The van der Waals surface area contributed by atoms with Crippen LogP contribution in [-0.2, 0) is 11.3 Å². The van der Waals surface area contributed by atoms with E-state index in [2.05, 4.69) is 19.8 Å². The number of carbonyl (C=O) groups excluding carboxylic acids is 1. The molecule has 1 aliphatic heterocycles. The Hall–Kier alpha value is -2.55. The first kappa shape index (κ1) is 19.8. The molecule has 0 N–H and O–H groups in total. The molecule has 0 radical (unpaired) electrons. The normalized spacial score (nSPS) is 18.2. The number of aryl methyl sites for hydroxylation is 3. The molecule has 4 heterocycles. The van der Waals surface area contributed by atoms with Crippen molar-refractivity contribution in [3.05, 3.63) is 34.9 Å². The van der Waals surface area contributed by atoms with Crippen LogP contribution in [-0.4, -0.2) is 48.4 Å². The van der Waals surface area contributed by atoms with Crippen molar-refractivity contribution >= 4 is 17.4 Å². The molecule has 9 heteroatoms. The second-order valence-electron chi connectivity index (χ2n) is 7.95. The number of rotatable bonds is 5. The molecule has 154 valence electrons. The first-order valence-electron chi connectivity index (χ1n) is 9.98. The van der Waals surface area contributed by atoms with Crippen molar-refractivity contribution in [1.29, 1.82) is 0 Å². The van der Waals surface area contributed by atoms with Gasteiger partial charge in [0.15, 0.2) is 5.76 Å². The van der Waals surface area contributed by atoms with Gasteiger partial charge in [-0.1, -0.05) is 16.6 Å². The number of aromatic nitrogens is 5. The Kier molecular flexibility index (Phi) is 5.49. The predicted molar refractivity (Wildman–Crippen MR) is 110 cm³/mol. The van der Waals surface area contributed by atoms with E-state index in [4.69, 9.17) is 4.52 Å². The molecule has 0 aliphatic carbocycles. The molecule has 0 aromatic carbocycles. The number of nitrogens with zero attached hydrogens (tertiary/aromatic N) is 6. The summed E-state index contributed by atoms with van der Waals surface area (Å²) in [6.07, 6.45) is 1.94. The average molecular weight is 415 g/mol. The van der Waals surface area contributed by atoms with Crippen LogP contribution in [0.1, 0.15) is 48.5 Å². The molecule has 0 bridgehead atoms. The average Bonchev–Trinajstić information content (AvgIpc) is 3.41. The predicted octanol–water partition coefficient (Wildman–Crippen LogP) is 3.36. The van der Waals surface area contributed by atoms with Gasteiger partial charge in [0.2, 0.25) is 5.91 Å². The molecule has 3 aromatic heterocycles. The molecule has 8 nitrogen and oxygen atoms in total. The summed E-state index contributed by atoms with van der Waals surface area (Å²) < 4.78 is 11.5. The number of carbonyl (C=O) groups is 1. The van der Waals surface area contributed by atoms with Gasteiger partial charge in [-0.25, -0.2) is 0 Å². The Bertz CT molecular complexity index is 1010. The number of likely N-dealkylation sites (tertiary alicyclic amines) is 1. The molecule has 1 amide bonds. The van der Waals surface area contributed by atoms with Crippen molar-refractivity contribution in [3.8, 4) is 10.6 Å². The Morgan fingerprint density at radius 2 is 2.14 bits per heavy atom. The molecule has 3 aromatic rings. The first-order valence-corrected chi connectivity index (χ1v) is 10.8. The van der Waals surface area contributed by atoms with Gasteiger partial charge in [-0.3, -0.25) is 9.48 Å². The molecule has 0 unspecified atom stereocenters. The second kappa shape index (κ2) is 8.06. The quantitative estimate of drug-likeness (QED) is 0.636. The van der Waals surface area contributed by atoms with Crippen molar-refractivity contribution in [1.82, 2.24) is 29.4 Å². The molecular weight excluding hydrogens is 388 g/mol. The zero-order valence-corrected chi connectivity index (χ0v) is 18.1. The monoisotopic (exact) mass is 414 g/mol. The van der Waals surface area contributed by atoms with Gasteiger partial charge in [0.1, 0.15) is 4.88 Å². The van der Waals surface area contributed by atoms with Gasteiger partial charge in [0, 0.05) is 30.8 Å². The first-order chi connectivity index (χ1) is 13.9. The van der Waals surface area contributed by atoms with E-state index in [0.717, 1.165) is 47.0 Å². The third-order valence-electron chi connectivity index (χ3n) is 5.46. The fraction of sp³-hybridized carbons (Fsp3) is 0.550. The fourth-order valence-electron chi connectivity index (χ4n) is 4.02. The smallest absolute Gasteiger partial charge is 0.227 e. The third-order valence-corrected chi connectivity index (χ3v) is 6.21. The summed E-state index contributed by atoms with van der Waals surface area (Å²) in [5.74, 6) is 0.904. The third kappa shape index (κ3) is 4.10. The lowest BCUT2D eigenvalue weighted by molar-refractivity contribution is -0.136. The molecule has 0 saturated carbocycles. The lowest BCUT2D eigenvalue weighted by Gasteiger charge is -2.34. The molecular formula is C20H26N6O2S. The second-order valence-corrected chi connectivity index (χ2v) is 8.71. The highest BCUT2D eigenvalue weighted by Crippen LogP contribution is 2.35. The van der Waals surface area contributed by atoms with E-state index in [9.17, 15) is 4.79 Å². The van der Waals surface area contributed by atoms with Crippen LogP contribution in [0.25, 0.3) is 10.6 Å². The summed E-state index contributed by atoms with van der Waals surface area (Å²) in [6.45, 7) is 9.91. The Labute approximate surface area is 174 Å². The van der Waals surface area contributed by atoms with Gasteiger partial charge < -0.3 is 9.42 Å². The largest absolute Gasteiger partial charge is 0.355 e. The van der Waals surface area contributed by atoms with Gasteiger partial charge in [0.25, 0.3) is 0 Å². The van der Waals surface area contributed by atoms with Crippen molar-refractivity contribution in [3.63, 3.8) is 0 Å².